The number of nitrogens with one attached hydrogen (secondary N) is 1. The van der Waals surface area contributed by atoms with Gasteiger partial charge in [0.2, 0.25) is 11.8 Å². The van der Waals surface area contributed by atoms with Gasteiger partial charge in [0.25, 0.3) is 0 Å². The van der Waals surface area contributed by atoms with Crippen LogP contribution in [-0.2, 0) is 9.59 Å². The predicted octanol–water partition coefficient (Wildman–Crippen LogP) is -1.22. The average Bonchev–Trinajstić information content (AvgIpc) is 1.59. The molecule has 1 saturated heterocycles. The third-order valence-corrected chi connectivity index (χ3v) is 1.12. The van der Waals surface area contributed by atoms with Crippen LogP contribution >= 0.6 is 0 Å². The molecule has 0 unspecified atom stereocenters. The second kappa shape index (κ2) is 2.14. The van der Waals surface area contributed by atoms with E-state index in [0.29, 0.717) is 0 Å². The third-order valence-electron chi connectivity index (χ3n) is 1.12. The number of aliphatic hydroxyl groups excluding tert-OH is 1. The summed E-state index contributed by atoms with van der Waals surface area (Å²) in [7, 11) is 0. The van der Waals surface area contributed by atoms with Gasteiger partial charge in [0.05, 0.1) is 18.9 Å². The minimum atomic E-state index is -0.772. The highest BCUT2D eigenvalue weighted by molar-refractivity contribution is 5.98. The third kappa shape index (κ3) is 1.50. The van der Waals surface area contributed by atoms with Crippen molar-refractivity contribution in [1.29, 1.82) is 0 Å². The topological polar surface area (TPSA) is 66.4 Å². The zero-order valence-electron chi connectivity index (χ0n) is 4.76. The van der Waals surface area contributed by atoms with E-state index in [4.69, 9.17) is 5.11 Å². The Bertz CT molecular complexity index is 138. The number of amides is 2. The van der Waals surface area contributed by atoms with Crippen LogP contribution in [0.4, 0.5) is 0 Å². The lowest BCUT2D eigenvalue weighted by Gasteiger charge is -2.14. The van der Waals surface area contributed by atoms with E-state index in [1.54, 1.807) is 0 Å². The molecule has 2 N–H and O–H groups in total. The Hall–Kier alpha value is -0.900. The fourth-order valence-electron chi connectivity index (χ4n) is 0.758. The Kier molecular flexibility index (Phi) is 1.48. The molecule has 2 amide bonds. The van der Waals surface area contributed by atoms with Gasteiger partial charge in [0, 0.05) is 0 Å². The summed E-state index contributed by atoms with van der Waals surface area (Å²) >= 11 is 0. The van der Waals surface area contributed by atoms with E-state index in [2.05, 4.69) is 5.32 Å². The van der Waals surface area contributed by atoms with E-state index in [1.165, 1.54) is 0 Å². The maximum absolute atomic E-state index is 10.4. The van der Waals surface area contributed by atoms with Crippen LogP contribution in [0.5, 0.6) is 0 Å². The van der Waals surface area contributed by atoms with Crippen molar-refractivity contribution in [1.82, 2.24) is 5.32 Å². The van der Waals surface area contributed by atoms with Crippen molar-refractivity contribution in [2.75, 3.05) is 0 Å². The van der Waals surface area contributed by atoms with Crippen molar-refractivity contribution in [3.05, 3.63) is 0 Å². The maximum Gasteiger partial charge on any atom is 0.229 e. The Balaban J connectivity index is 2.53. The van der Waals surface area contributed by atoms with E-state index < -0.39 is 17.9 Å². The van der Waals surface area contributed by atoms with Crippen molar-refractivity contribution < 1.29 is 14.7 Å². The molecule has 9 heavy (non-hydrogen) atoms. The summed E-state index contributed by atoms with van der Waals surface area (Å²) in [6, 6.07) is 0. The molecule has 0 aliphatic carbocycles. The Morgan fingerprint density at radius 3 is 2.11 bits per heavy atom. The Morgan fingerprint density at radius 2 is 1.78 bits per heavy atom. The number of piperidine rings is 1. The molecule has 0 aromatic carbocycles. The summed E-state index contributed by atoms with van der Waals surface area (Å²) in [5.41, 5.74) is 0. The highest BCUT2D eigenvalue weighted by Gasteiger charge is 2.22. The zero-order chi connectivity index (χ0) is 6.85. The molecule has 50 valence electrons. The normalized spacial score (nSPS) is 21.9. The van der Waals surface area contributed by atoms with Crippen LogP contribution in [0.25, 0.3) is 0 Å². The Labute approximate surface area is 51.9 Å². The maximum atomic E-state index is 10.4. The van der Waals surface area contributed by atoms with E-state index in [1.807, 2.05) is 0 Å². The number of hydrogen-bond acceptors (Lipinski definition) is 3. The van der Waals surface area contributed by atoms with Crippen molar-refractivity contribution >= 4 is 11.8 Å². The highest BCUT2D eigenvalue weighted by atomic mass is 16.3. The van der Waals surface area contributed by atoms with E-state index in [9.17, 15) is 9.59 Å². The lowest BCUT2D eigenvalue weighted by atomic mass is 10.1. The van der Waals surface area contributed by atoms with Crippen LogP contribution in [-0.4, -0.2) is 23.0 Å². The summed E-state index contributed by atoms with van der Waals surface area (Å²) < 4.78 is 0. The first-order valence-electron chi connectivity index (χ1n) is 2.69. The summed E-state index contributed by atoms with van der Waals surface area (Å²) in [4.78, 5) is 20.8. The smallest absolute Gasteiger partial charge is 0.229 e. The van der Waals surface area contributed by atoms with Crippen LogP contribution in [0.15, 0.2) is 0 Å². The molecule has 1 fully saturated rings. The van der Waals surface area contributed by atoms with Gasteiger partial charge in [-0.2, -0.15) is 0 Å². The number of carbonyl (C=O) groups is 2. The number of rotatable bonds is 0. The summed E-state index contributed by atoms with van der Waals surface area (Å²) in [5.74, 6) is -0.780. The van der Waals surface area contributed by atoms with Crippen molar-refractivity contribution in [3.63, 3.8) is 0 Å². The van der Waals surface area contributed by atoms with Gasteiger partial charge in [-0.05, 0) is 0 Å². The summed E-state index contributed by atoms with van der Waals surface area (Å²) in [6.07, 6.45) is -0.677. The van der Waals surface area contributed by atoms with Crippen molar-refractivity contribution in [2.45, 2.75) is 18.9 Å². The summed E-state index contributed by atoms with van der Waals surface area (Å²) in [5, 5.41) is 10.8. The first kappa shape index (κ1) is 6.22. The molecule has 0 atom stereocenters. The molecule has 0 aromatic heterocycles. The second-order valence-corrected chi connectivity index (χ2v) is 2.03. The number of carbonyl (C=O) groups excluding carboxylic acids is 2. The minimum Gasteiger partial charge on any atom is -0.392 e. The molecule has 4 nitrogen and oxygen atoms in total. The zero-order valence-corrected chi connectivity index (χ0v) is 4.76. The summed E-state index contributed by atoms with van der Waals surface area (Å²) in [6.45, 7) is 0. The van der Waals surface area contributed by atoms with Gasteiger partial charge >= 0.3 is 0 Å². The van der Waals surface area contributed by atoms with Crippen LogP contribution in [0.3, 0.4) is 0 Å². The monoisotopic (exact) mass is 129 g/mol. The first-order valence-corrected chi connectivity index (χ1v) is 2.69. The molecule has 0 aromatic rings. The SMILES string of the molecule is O=C1CC(O)CC(=O)N1. The second-order valence-electron chi connectivity index (χ2n) is 2.03. The average molecular weight is 129 g/mol. The number of hydrogen-bond donors (Lipinski definition) is 2. The van der Waals surface area contributed by atoms with Gasteiger partial charge < -0.3 is 5.11 Å². The molecule has 0 radical (unpaired) electrons. The van der Waals surface area contributed by atoms with Gasteiger partial charge in [-0.15, -0.1) is 0 Å². The van der Waals surface area contributed by atoms with Gasteiger partial charge in [-0.1, -0.05) is 0 Å². The fourth-order valence-corrected chi connectivity index (χ4v) is 0.758. The largest absolute Gasteiger partial charge is 0.392 e. The molecule has 0 spiro atoms. The van der Waals surface area contributed by atoms with Crippen LogP contribution in [0.1, 0.15) is 12.8 Å². The minimum absolute atomic E-state index is 0.0474. The molecule has 0 bridgehead atoms. The van der Waals surface area contributed by atoms with E-state index in [-0.39, 0.29) is 12.8 Å². The predicted molar refractivity (Wildman–Crippen MR) is 28.4 cm³/mol. The van der Waals surface area contributed by atoms with Crippen molar-refractivity contribution in [3.8, 4) is 0 Å². The van der Waals surface area contributed by atoms with Gasteiger partial charge in [0.15, 0.2) is 0 Å². The van der Waals surface area contributed by atoms with Gasteiger partial charge in [0.1, 0.15) is 0 Å². The van der Waals surface area contributed by atoms with Crippen molar-refractivity contribution in [2.24, 2.45) is 0 Å². The molecular formula is C5H7NO3. The molecule has 1 rings (SSSR count). The fraction of sp³-hybridized carbons (Fsp3) is 0.600. The molecule has 0 saturated carbocycles. The van der Waals surface area contributed by atoms with Gasteiger partial charge in [-0.3, -0.25) is 14.9 Å². The molecular weight excluding hydrogens is 122 g/mol. The van der Waals surface area contributed by atoms with E-state index >= 15 is 0 Å². The molecule has 1 heterocycles. The lowest BCUT2D eigenvalue weighted by Crippen LogP contribution is -2.40. The molecule has 4 heteroatoms. The molecule has 1 aliphatic heterocycles. The Morgan fingerprint density at radius 1 is 1.33 bits per heavy atom. The number of imide groups is 1. The quantitative estimate of drug-likeness (QED) is 0.403. The highest BCUT2D eigenvalue weighted by Crippen LogP contribution is 2.02. The standard InChI is InChI=1S/C5H7NO3/c7-3-1-4(8)6-5(9)2-3/h3,7H,1-2H2,(H,6,8,9). The lowest BCUT2D eigenvalue weighted by molar-refractivity contribution is -0.136. The van der Waals surface area contributed by atoms with E-state index in [0.717, 1.165) is 0 Å². The van der Waals surface area contributed by atoms with Crippen LogP contribution in [0.2, 0.25) is 0 Å². The van der Waals surface area contributed by atoms with Crippen LogP contribution < -0.4 is 5.32 Å². The number of aliphatic hydroxyl groups is 1. The first-order chi connectivity index (χ1) is 4.18. The van der Waals surface area contributed by atoms with Crippen LogP contribution in [0, 0.1) is 0 Å². The van der Waals surface area contributed by atoms with Gasteiger partial charge in [-0.25, -0.2) is 0 Å². The molecule has 1 aliphatic rings.